The first-order valence-corrected chi connectivity index (χ1v) is 10.3. The van der Waals surface area contributed by atoms with Crippen LogP contribution in [0.5, 0.6) is 0 Å². The number of hydrogen-bond donors (Lipinski definition) is 2. The van der Waals surface area contributed by atoms with Crippen molar-refractivity contribution in [3.63, 3.8) is 0 Å². The Hall–Kier alpha value is -3.70. The zero-order valence-corrected chi connectivity index (χ0v) is 17.5. The third-order valence-electron chi connectivity index (χ3n) is 6.02. The van der Waals surface area contributed by atoms with Gasteiger partial charge in [-0.3, -0.25) is 9.78 Å². The van der Waals surface area contributed by atoms with Crippen molar-refractivity contribution >= 4 is 11.6 Å². The van der Waals surface area contributed by atoms with E-state index >= 15 is 0 Å². The molecular formula is C25H20F3N3O2. The summed E-state index contributed by atoms with van der Waals surface area (Å²) in [5, 5.41) is 12.7. The first kappa shape index (κ1) is 22.5. The zero-order chi connectivity index (χ0) is 23.6. The van der Waals surface area contributed by atoms with E-state index in [9.17, 15) is 23.1 Å². The molecule has 1 aromatic heterocycles. The van der Waals surface area contributed by atoms with Crippen molar-refractivity contribution in [2.75, 3.05) is 0 Å². The number of rotatable bonds is 5. The number of benzene rings is 2. The molecule has 4 rings (SSSR count). The van der Waals surface area contributed by atoms with E-state index in [0.717, 1.165) is 37.1 Å². The van der Waals surface area contributed by atoms with Gasteiger partial charge in [-0.2, -0.15) is 13.2 Å². The monoisotopic (exact) mass is 451 g/mol. The van der Waals surface area contributed by atoms with E-state index in [1.807, 2.05) is 12.1 Å². The van der Waals surface area contributed by atoms with Crippen LogP contribution in [0.15, 0.2) is 60.8 Å². The highest BCUT2D eigenvalue weighted by atomic mass is 19.4. The summed E-state index contributed by atoms with van der Waals surface area (Å²) >= 11 is 0. The Balaban J connectivity index is 1.58. The molecule has 1 saturated carbocycles. The molecule has 0 unspecified atom stereocenters. The van der Waals surface area contributed by atoms with E-state index in [0.29, 0.717) is 22.4 Å². The van der Waals surface area contributed by atoms with Crippen LogP contribution in [-0.2, 0) is 18.3 Å². The van der Waals surface area contributed by atoms with Gasteiger partial charge in [0.25, 0.3) is 5.91 Å². The van der Waals surface area contributed by atoms with Gasteiger partial charge in [0.2, 0.25) is 0 Å². The van der Waals surface area contributed by atoms with Crippen LogP contribution in [0.2, 0.25) is 0 Å². The van der Waals surface area contributed by atoms with Crippen LogP contribution in [0.3, 0.4) is 0 Å². The Morgan fingerprint density at radius 1 is 1.12 bits per heavy atom. The molecule has 1 aliphatic carbocycles. The van der Waals surface area contributed by atoms with Crippen LogP contribution >= 0.6 is 0 Å². The average molecular weight is 451 g/mol. The molecule has 1 aliphatic rings. The summed E-state index contributed by atoms with van der Waals surface area (Å²) in [6.45, 7) is 6.47. The molecule has 2 N–H and O–H groups in total. The minimum atomic E-state index is -4.59. The Morgan fingerprint density at radius 2 is 1.79 bits per heavy atom. The van der Waals surface area contributed by atoms with Crippen LogP contribution in [0.4, 0.5) is 18.9 Å². The van der Waals surface area contributed by atoms with Crippen molar-refractivity contribution in [3.8, 4) is 11.1 Å². The molecule has 0 radical (unpaired) electrons. The number of carbonyl (C=O) groups excluding carboxylic acids is 1. The van der Waals surface area contributed by atoms with E-state index in [1.165, 1.54) is 0 Å². The van der Waals surface area contributed by atoms with Gasteiger partial charge in [-0.1, -0.05) is 48.5 Å². The lowest BCUT2D eigenvalue weighted by atomic mass is 9.71. The van der Waals surface area contributed by atoms with E-state index in [2.05, 4.69) is 15.1 Å². The van der Waals surface area contributed by atoms with E-state index in [4.69, 9.17) is 6.57 Å². The molecule has 5 nitrogen and oxygen atoms in total. The van der Waals surface area contributed by atoms with Gasteiger partial charge in [0.1, 0.15) is 5.69 Å². The first-order valence-electron chi connectivity index (χ1n) is 10.3. The van der Waals surface area contributed by atoms with Gasteiger partial charge in [0.15, 0.2) is 5.69 Å². The lowest BCUT2D eigenvalue weighted by Gasteiger charge is -2.43. The van der Waals surface area contributed by atoms with Crippen molar-refractivity contribution in [1.82, 2.24) is 10.3 Å². The average Bonchev–Trinajstić information content (AvgIpc) is 2.80. The van der Waals surface area contributed by atoms with Gasteiger partial charge in [0, 0.05) is 17.3 Å². The smallest absolute Gasteiger partial charge is 0.392 e. The predicted octanol–water partition coefficient (Wildman–Crippen LogP) is 5.62. The van der Waals surface area contributed by atoms with Gasteiger partial charge in [-0.15, -0.1) is 0 Å². The zero-order valence-electron chi connectivity index (χ0n) is 17.5. The first-order chi connectivity index (χ1) is 15.8. The quantitative estimate of drug-likeness (QED) is 0.495. The fraction of sp³-hybridized carbons (Fsp3) is 0.240. The SMILES string of the molecule is [C-]#[N+]c1ccc(C(=O)NC2(c3ccc(-c4cnc(C(F)(F)F)cc4CO)cc3)CCC2)cc1. The normalized spacial score (nSPS) is 14.8. The maximum Gasteiger partial charge on any atom is 0.433 e. The Kier molecular flexibility index (Phi) is 5.91. The standard InChI is InChI=1S/C25H20F3N3O2/c1-29-20-9-5-17(6-10-20)23(33)31-24(11-2-12-24)19-7-3-16(4-8-19)21-14-30-22(25(26,27)28)13-18(21)15-32/h3-10,13-14,32H,2,11-12,15H2,(H,31,33). The second kappa shape index (κ2) is 8.68. The number of halogens is 3. The third kappa shape index (κ3) is 4.45. The molecule has 1 heterocycles. The number of amides is 1. The highest BCUT2D eigenvalue weighted by molar-refractivity contribution is 5.95. The van der Waals surface area contributed by atoms with Gasteiger partial charge in [-0.25, -0.2) is 4.85 Å². The van der Waals surface area contributed by atoms with Gasteiger partial charge in [-0.05, 0) is 42.0 Å². The molecule has 0 spiro atoms. The Bertz CT molecular complexity index is 1210. The summed E-state index contributed by atoms with van der Waals surface area (Å²) in [6.07, 6.45) is -0.978. The Morgan fingerprint density at radius 3 is 2.30 bits per heavy atom. The maximum atomic E-state index is 12.9. The largest absolute Gasteiger partial charge is 0.433 e. The van der Waals surface area contributed by atoms with Crippen LogP contribution in [0, 0.1) is 6.57 Å². The number of aliphatic hydroxyl groups is 1. The Labute approximate surface area is 188 Å². The van der Waals surface area contributed by atoms with Crippen LogP contribution in [0.1, 0.15) is 46.4 Å². The minimum Gasteiger partial charge on any atom is -0.392 e. The summed E-state index contributed by atoms with van der Waals surface area (Å²) in [6, 6.07) is 14.5. The number of pyridine rings is 1. The fourth-order valence-electron chi connectivity index (χ4n) is 4.00. The fourth-order valence-corrected chi connectivity index (χ4v) is 4.00. The third-order valence-corrected chi connectivity index (χ3v) is 6.02. The van der Waals surface area contributed by atoms with Crippen molar-refractivity contribution in [2.24, 2.45) is 0 Å². The number of carbonyl (C=O) groups is 1. The molecule has 33 heavy (non-hydrogen) atoms. The molecule has 0 saturated heterocycles. The van der Waals surface area contributed by atoms with Crippen molar-refractivity contribution < 1.29 is 23.1 Å². The van der Waals surface area contributed by atoms with Crippen LogP contribution in [-0.4, -0.2) is 16.0 Å². The number of hydrogen-bond acceptors (Lipinski definition) is 3. The summed E-state index contributed by atoms with van der Waals surface area (Å²) in [7, 11) is 0. The molecule has 0 atom stereocenters. The highest BCUT2D eigenvalue weighted by Crippen LogP contribution is 2.42. The molecule has 0 bridgehead atoms. The highest BCUT2D eigenvalue weighted by Gasteiger charge is 2.40. The summed E-state index contributed by atoms with van der Waals surface area (Å²) in [5.74, 6) is -0.232. The molecule has 0 aliphatic heterocycles. The lowest BCUT2D eigenvalue weighted by molar-refractivity contribution is -0.141. The van der Waals surface area contributed by atoms with Crippen molar-refractivity contribution in [1.29, 1.82) is 0 Å². The molecular weight excluding hydrogens is 431 g/mol. The van der Waals surface area contributed by atoms with Crippen molar-refractivity contribution in [2.45, 2.75) is 37.6 Å². The number of aliphatic hydroxyl groups excluding tert-OH is 1. The van der Waals surface area contributed by atoms with E-state index in [-0.39, 0.29) is 11.5 Å². The predicted molar refractivity (Wildman–Crippen MR) is 116 cm³/mol. The number of aromatic nitrogens is 1. The van der Waals surface area contributed by atoms with E-state index < -0.39 is 24.0 Å². The molecule has 168 valence electrons. The minimum absolute atomic E-state index is 0.139. The summed E-state index contributed by atoms with van der Waals surface area (Å²) in [5.41, 5.74) is 1.44. The second-order valence-electron chi connectivity index (χ2n) is 8.01. The number of nitrogens with zero attached hydrogens (tertiary/aromatic N) is 2. The second-order valence-corrected chi connectivity index (χ2v) is 8.01. The topological polar surface area (TPSA) is 66.6 Å². The van der Waals surface area contributed by atoms with Gasteiger partial charge < -0.3 is 10.4 Å². The molecule has 3 aromatic rings. The molecule has 1 fully saturated rings. The van der Waals surface area contributed by atoms with Crippen LogP contribution < -0.4 is 5.32 Å². The lowest BCUT2D eigenvalue weighted by Crippen LogP contribution is -2.50. The van der Waals surface area contributed by atoms with Gasteiger partial charge >= 0.3 is 6.18 Å². The summed E-state index contributed by atoms with van der Waals surface area (Å²) in [4.78, 5) is 19.6. The molecule has 2 aromatic carbocycles. The summed E-state index contributed by atoms with van der Waals surface area (Å²) < 4.78 is 38.8. The van der Waals surface area contributed by atoms with Crippen LogP contribution in [0.25, 0.3) is 16.0 Å². The molecule has 1 amide bonds. The van der Waals surface area contributed by atoms with Crippen molar-refractivity contribution in [3.05, 3.63) is 94.6 Å². The number of nitrogens with one attached hydrogen (secondary N) is 1. The number of alkyl halides is 3. The maximum absolute atomic E-state index is 12.9. The van der Waals surface area contributed by atoms with E-state index in [1.54, 1.807) is 36.4 Å². The molecule has 8 heteroatoms. The van der Waals surface area contributed by atoms with Gasteiger partial charge in [0.05, 0.1) is 18.7 Å².